The maximum Gasteiger partial charge on any atom is 0.433 e. The number of hydrogen-bond donors (Lipinski definition) is 0. The summed E-state index contributed by atoms with van der Waals surface area (Å²) in [5.74, 6) is 0.122. The van der Waals surface area contributed by atoms with Gasteiger partial charge in [0.25, 0.3) is 0 Å². The second kappa shape index (κ2) is 7.22. The molecule has 2 atom stereocenters. The van der Waals surface area contributed by atoms with E-state index < -0.39 is 21.7 Å². The predicted octanol–water partition coefficient (Wildman–Crippen LogP) is 1.93. The third kappa shape index (κ3) is 3.98. The number of piperazine rings is 1. The largest absolute Gasteiger partial charge is 0.433 e. The fourth-order valence-electron chi connectivity index (χ4n) is 4.00. The van der Waals surface area contributed by atoms with Crippen LogP contribution in [0.3, 0.4) is 0 Å². The van der Waals surface area contributed by atoms with E-state index in [9.17, 15) is 26.4 Å². The van der Waals surface area contributed by atoms with Gasteiger partial charge in [-0.05, 0) is 24.1 Å². The molecule has 3 fully saturated rings. The summed E-state index contributed by atoms with van der Waals surface area (Å²) in [6.07, 6.45) is -1.57. The van der Waals surface area contributed by atoms with Crippen LogP contribution < -0.4 is 4.90 Å². The molecule has 2 unspecified atom stereocenters. The molecule has 0 N–H and O–H groups in total. The lowest BCUT2D eigenvalue weighted by Crippen LogP contribution is -2.70. The van der Waals surface area contributed by atoms with E-state index in [4.69, 9.17) is 0 Å². The molecule has 2 aromatic rings. The first-order valence-electron chi connectivity index (χ1n) is 9.27. The smallest absolute Gasteiger partial charge is 0.352 e. The highest BCUT2D eigenvalue weighted by Gasteiger charge is 2.47. The van der Waals surface area contributed by atoms with Crippen LogP contribution in [0.25, 0.3) is 0 Å². The minimum atomic E-state index is -4.54. The number of hydrogen-bond acceptors (Lipinski definition) is 6. The standard InChI is InChI=1S/C19H19F3N4O3S/c1-30(28,29)15-4-2-12(3-5-15)6-18(27)26-13-7-14(26)10-25(9-13)17-8-16(19(20,21)22)23-11-24-17/h2-5,8,11,13-14H,6-7,9-10H2,1H3. The molecule has 3 saturated heterocycles. The summed E-state index contributed by atoms with van der Waals surface area (Å²) in [5.41, 5.74) is -0.280. The summed E-state index contributed by atoms with van der Waals surface area (Å²) < 4.78 is 61.7. The fraction of sp³-hybridized carbons (Fsp3) is 0.421. The van der Waals surface area contributed by atoms with Crippen LogP contribution in [0.15, 0.2) is 41.6 Å². The van der Waals surface area contributed by atoms with Crippen LogP contribution in [0, 0.1) is 0 Å². The lowest BCUT2D eigenvalue weighted by Gasteiger charge is -2.56. The highest BCUT2D eigenvalue weighted by molar-refractivity contribution is 7.90. The zero-order valence-electron chi connectivity index (χ0n) is 16.0. The van der Waals surface area contributed by atoms with E-state index in [0.29, 0.717) is 18.7 Å². The molecule has 0 aliphatic carbocycles. The maximum absolute atomic E-state index is 12.9. The van der Waals surface area contributed by atoms with Crippen LogP contribution in [0.4, 0.5) is 19.0 Å². The second-order valence-electron chi connectivity index (χ2n) is 7.60. The summed E-state index contributed by atoms with van der Waals surface area (Å²) >= 11 is 0. The van der Waals surface area contributed by atoms with Crippen LogP contribution in [-0.4, -0.2) is 60.6 Å². The Morgan fingerprint density at radius 3 is 2.33 bits per heavy atom. The summed E-state index contributed by atoms with van der Waals surface area (Å²) in [5, 5.41) is 0. The quantitative estimate of drug-likeness (QED) is 0.723. The van der Waals surface area contributed by atoms with Crippen LogP contribution >= 0.6 is 0 Å². The number of halogens is 3. The molecule has 0 spiro atoms. The molecule has 2 bridgehead atoms. The number of nitrogens with zero attached hydrogens (tertiary/aromatic N) is 4. The van der Waals surface area contributed by atoms with Crippen molar-refractivity contribution in [1.29, 1.82) is 0 Å². The molecule has 5 rings (SSSR count). The average molecular weight is 440 g/mol. The molecule has 7 nitrogen and oxygen atoms in total. The minimum Gasteiger partial charge on any atom is -0.352 e. The van der Waals surface area contributed by atoms with Gasteiger partial charge < -0.3 is 9.80 Å². The lowest BCUT2D eigenvalue weighted by molar-refractivity contribution is -0.145. The van der Waals surface area contributed by atoms with Gasteiger partial charge in [0.15, 0.2) is 9.84 Å². The Bertz CT molecular complexity index is 1060. The van der Waals surface area contributed by atoms with Crippen LogP contribution in [0.1, 0.15) is 17.7 Å². The van der Waals surface area contributed by atoms with Gasteiger partial charge in [0.1, 0.15) is 17.8 Å². The van der Waals surface area contributed by atoms with E-state index in [2.05, 4.69) is 9.97 Å². The number of anilines is 1. The minimum absolute atomic E-state index is 0.0818. The first kappa shape index (κ1) is 20.6. The van der Waals surface area contributed by atoms with Gasteiger partial charge in [-0.2, -0.15) is 13.2 Å². The van der Waals surface area contributed by atoms with Crippen molar-refractivity contribution in [1.82, 2.24) is 14.9 Å². The molecule has 4 heterocycles. The van der Waals surface area contributed by atoms with Crippen LogP contribution in [-0.2, 0) is 27.2 Å². The maximum atomic E-state index is 12.9. The summed E-state index contributed by atoms with van der Waals surface area (Å²) in [6, 6.07) is 6.95. The fourth-order valence-corrected chi connectivity index (χ4v) is 4.63. The number of rotatable bonds is 4. The van der Waals surface area contributed by atoms with Gasteiger partial charge in [0.2, 0.25) is 5.91 Å². The van der Waals surface area contributed by atoms with Gasteiger partial charge in [0, 0.05) is 25.4 Å². The number of amides is 1. The third-order valence-corrected chi connectivity index (χ3v) is 6.58. The van der Waals surface area contributed by atoms with Crippen molar-refractivity contribution in [2.45, 2.75) is 36.0 Å². The molecular weight excluding hydrogens is 421 g/mol. The van der Waals surface area contributed by atoms with Gasteiger partial charge in [-0.1, -0.05) is 12.1 Å². The van der Waals surface area contributed by atoms with Crippen LogP contribution in [0.5, 0.6) is 0 Å². The van der Waals surface area contributed by atoms with E-state index in [1.807, 2.05) is 0 Å². The number of carbonyl (C=O) groups excluding carboxylic acids is 1. The normalized spacial score (nSPS) is 21.3. The average Bonchev–Trinajstić information content (AvgIpc) is 2.67. The number of alkyl halides is 3. The van der Waals surface area contributed by atoms with E-state index >= 15 is 0 Å². The Hall–Kier alpha value is -2.69. The zero-order valence-corrected chi connectivity index (χ0v) is 16.8. The van der Waals surface area contributed by atoms with Crippen molar-refractivity contribution in [3.63, 3.8) is 0 Å². The Labute approximate surface area is 171 Å². The Morgan fingerprint density at radius 1 is 1.13 bits per heavy atom. The predicted molar refractivity (Wildman–Crippen MR) is 102 cm³/mol. The van der Waals surface area contributed by atoms with E-state index in [1.54, 1.807) is 21.9 Å². The number of benzene rings is 1. The second-order valence-corrected chi connectivity index (χ2v) is 9.62. The summed E-state index contributed by atoms with van der Waals surface area (Å²) in [7, 11) is -3.30. The highest BCUT2D eigenvalue weighted by Crippen LogP contribution is 2.36. The Balaban J connectivity index is 1.41. The number of sulfone groups is 1. The van der Waals surface area contributed by atoms with Crippen molar-refractivity contribution in [2.24, 2.45) is 0 Å². The molecule has 1 amide bonds. The highest BCUT2D eigenvalue weighted by atomic mass is 32.2. The zero-order chi connectivity index (χ0) is 21.7. The molecule has 0 radical (unpaired) electrons. The van der Waals surface area contributed by atoms with Crippen molar-refractivity contribution in [2.75, 3.05) is 24.2 Å². The number of aromatic nitrogens is 2. The van der Waals surface area contributed by atoms with Crippen molar-refractivity contribution in [3.05, 3.63) is 47.9 Å². The summed E-state index contributed by atoms with van der Waals surface area (Å²) in [4.78, 5) is 23.7. The van der Waals surface area contributed by atoms with Crippen molar-refractivity contribution < 1.29 is 26.4 Å². The molecule has 1 aromatic carbocycles. The molecule has 30 heavy (non-hydrogen) atoms. The summed E-state index contributed by atoms with van der Waals surface area (Å²) in [6.45, 7) is 0.813. The first-order chi connectivity index (χ1) is 14.0. The van der Waals surface area contributed by atoms with Gasteiger partial charge in [-0.3, -0.25) is 4.79 Å². The molecule has 11 heteroatoms. The molecule has 3 aliphatic heterocycles. The van der Waals surface area contributed by atoms with Gasteiger partial charge in [0.05, 0.1) is 23.4 Å². The molecule has 1 aromatic heterocycles. The number of carbonyl (C=O) groups is 1. The van der Waals surface area contributed by atoms with E-state index in [1.165, 1.54) is 12.1 Å². The van der Waals surface area contributed by atoms with Crippen LogP contribution in [0.2, 0.25) is 0 Å². The van der Waals surface area contributed by atoms with Crippen molar-refractivity contribution in [3.8, 4) is 0 Å². The van der Waals surface area contributed by atoms with Gasteiger partial charge in [-0.25, -0.2) is 18.4 Å². The van der Waals surface area contributed by atoms with Crippen molar-refractivity contribution >= 4 is 21.6 Å². The van der Waals surface area contributed by atoms with Gasteiger partial charge in [-0.15, -0.1) is 0 Å². The third-order valence-electron chi connectivity index (χ3n) is 5.46. The Morgan fingerprint density at radius 2 is 1.77 bits per heavy atom. The Kier molecular flexibility index (Phi) is 4.95. The molecule has 160 valence electrons. The molecular formula is C19H19F3N4O3S. The number of fused-ring (bicyclic) bond motifs is 2. The first-order valence-corrected chi connectivity index (χ1v) is 11.2. The van der Waals surface area contributed by atoms with E-state index in [-0.39, 0.29) is 35.1 Å². The monoisotopic (exact) mass is 440 g/mol. The SMILES string of the molecule is CS(=O)(=O)c1ccc(CC(=O)N2C3CC2CN(c2cc(C(F)(F)F)ncn2)C3)cc1. The molecule has 3 aliphatic rings. The van der Waals surface area contributed by atoms with Gasteiger partial charge >= 0.3 is 6.18 Å². The number of piperidine rings is 1. The van der Waals surface area contributed by atoms with E-state index in [0.717, 1.165) is 25.1 Å². The lowest BCUT2D eigenvalue weighted by atomic mass is 9.86. The molecule has 0 saturated carbocycles. The topological polar surface area (TPSA) is 83.5 Å².